The van der Waals surface area contributed by atoms with Crippen LogP contribution in [0.5, 0.6) is 11.5 Å². The van der Waals surface area contributed by atoms with E-state index >= 15 is 0 Å². The molecule has 3 atom stereocenters. The van der Waals surface area contributed by atoms with Crippen molar-refractivity contribution in [3.8, 4) is 11.5 Å². The summed E-state index contributed by atoms with van der Waals surface area (Å²) < 4.78 is 22.5. The number of aliphatic hydroxyl groups is 2. The van der Waals surface area contributed by atoms with Crippen molar-refractivity contribution >= 4 is 40.7 Å². The second kappa shape index (κ2) is 15.1. The number of benzene rings is 1. The summed E-state index contributed by atoms with van der Waals surface area (Å²) >= 11 is 1.99. The summed E-state index contributed by atoms with van der Waals surface area (Å²) in [5.74, 6) is -0.252. The molecule has 2 amide bonds. The van der Waals surface area contributed by atoms with Gasteiger partial charge < -0.3 is 39.4 Å². The minimum atomic E-state index is -1.21. The van der Waals surface area contributed by atoms with Crippen molar-refractivity contribution < 1.29 is 43.5 Å². The summed E-state index contributed by atoms with van der Waals surface area (Å²) in [5.41, 5.74) is 0.673. The molecule has 3 unspecified atom stereocenters. The minimum Gasteiger partial charge on any atom is -0.493 e. The van der Waals surface area contributed by atoms with Crippen molar-refractivity contribution in [3.05, 3.63) is 32.9 Å². The number of nitrogens with one attached hydrogen (secondary N) is 1. The number of carbonyl (C=O) groups is 3. The van der Waals surface area contributed by atoms with Crippen LogP contribution in [0.15, 0.2) is 23.8 Å². The Hall–Kier alpha value is -2.26. The van der Waals surface area contributed by atoms with E-state index in [-0.39, 0.29) is 62.3 Å². The number of hydrogen-bond acceptors (Lipinski definition) is 9. The Bertz CT molecular complexity index is 940. The molecule has 0 bridgehead atoms. The van der Waals surface area contributed by atoms with E-state index in [0.29, 0.717) is 22.0 Å². The Kier molecular flexibility index (Phi) is 12.6. The number of ether oxygens (including phenoxy) is 4. The maximum atomic E-state index is 13.0. The molecule has 0 saturated heterocycles. The molecule has 0 radical (unpaired) electrons. The first-order chi connectivity index (χ1) is 17.3. The van der Waals surface area contributed by atoms with Crippen LogP contribution < -0.4 is 14.8 Å². The van der Waals surface area contributed by atoms with Gasteiger partial charge in [0.2, 0.25) is 11.8 Å². The Balaban J connectivity index is 2.48. The predicted molar refractivity (Wildman–Crippen MR) is 138 cm³/mol. The molecule has 1 aromatic rings. The highest BCUT2D eigenvalue weighted by Crippen LogP contribution is 2.36. The number of halogens is 1. The molecule has 0 spiro atoms. The molecular weight excluding hydrogens is 587 g/mol. The second-order valence-corrected chi connectivity index (χ2v) is 9.05. The van der Waals surface area contributed by atoms with Gasteiger partial charge in [0.1, 0.15) is 25.1 Å². The molecule has 1 aliphatic rings. The number of amides is 2. The van der Waals surface area contributed by atoms with Gasteiger partial charge in [0.25, 0.3) is 0 Å². The molecule has 2 rings (SSSR count). The van der Waals surface area contributed by atoms with Crippen molar-refractivity contribution in [2.75, 3.05) is 53.7 Å². The monoisotopic (exact) mass is 620 g/mol. The largest absolute Gasteiger partial charge is 0.493 e. The molecule has 3 N–H and O–H groups in total. The molecule has 200 valence electrons. The van der Waals surface area contributed by atoms with E-state index in [1.807, 2.05) is 22.6 Å². The fraction of sp³-hybridized carbons (Fsp3) is 0.542. The van der Waals surface area contributed by atoms with Gasteiger partial charge in [0.15, 0.2) is 11.5 Å². The van der Waals surface area contributed by atoms with Crippen molar-refractivity contribution in [2.45, 2.75) is 31.6 Å². The highest BCUT2D eigenvalue weighted by molar-refractivity contribution is 14.1. The van der Waals surface area contributed by atoms with Gasteiger partial charge in [-0.3, -0.25) is 14.4 Å². The van der Waals surface area contributed by atoms with Gasteiger partial charge in [-0.05, 0) is 47.7 Å². The maximum Gasteiger partial charge on any atom is 0.248 e. The highest BCUT2D eigenvalue weighted by atomic mass is 127. The van der Waals surface area contributed by atoms with Crippen LogP contribution in [-0.2, 0) is 19.1 Å². The van der Waals surface area contributed by atoms with Crippen LogP contribution in [0.2, 0.25) is 0 Å². The van der Waals surface area contributed by atoms with Gasteiger partial charge in [0.05, 0.1) is 29.9 Å². The molecule has 36 heavy (non-hydrogen) atoms. The fourth-order valence-corrected chi connectivity index (χ4v) is 4.53. The smallest absolute Gasteiger partial charge is 0.248 e. The summed E-state index contributed by atoms with van der Waals surface area (Å²) in [6.45, 7) is 2.10. The van der Waals surface area contributed by atoms with Crippen LogP contribution in [0.4, 0.5) is 0 Å². The van der Waals surface area contributed by atoms with Gasteiger partial charge in [0, 0.05) is 44.4 Å². The summed E-state index contributed by atoms with van der Waals surface area (Å²) in [6.07, 6.45) is -0.0150. The number of nitrogens with zero attached hydrogens (tertiary/aromatic N) is 1. The van der Waals surface area contributed by atoms with E-state index < -0.39 is 24.2 Å². The molecule has 0 saturated carbocycles. The molecule has 0 heterocycles. The predicted octanol–water partition coefficient (Wildman–Crippen LogP) is 0.539. The molecule has 1 aliphatic carbocycles. The van der Waals surface area contributed by atoms with Crippen molar-refractivity contribution in [1.29, 1.82) is 0 Å². The van der Waals surface area contributed by atoms with Crippen LogP contribution in [0, 0.1) is 3.57 Å². The molecule has 0 fully saturated rings. The van der Waals surface area contributed by atoms with Crippen LogP contribution in [-0.4, -0.2) is 105 Å². The van der Waals surface area contributed by atoms with Gasteiger partial charge in [-0.1, -0.05) is 0 Å². The van der Waals surface area contributed by atoms with Gasteiger partial charge in [-0.2, -0.15) is 0 Å². The lowest BCUT2D eigenvalue weighted by atomic mass is 9.88. The van der Waals surface area contributed by atoms with E-state index in [9.17, 15) is 19.5 Å². The number of hydrogen-bond donors (Lipinski definition) is 3. The summed E-state index contributed by atoms with van der Waals surface area (Å²) in [4.78, 5) is 38.5. The van der Waals surface area contributed by atoms with Gasteiger partial charge in [-0.25, -0.2) is 0 Å². The van der Waals surface area contributed by atoms with Gasteiger partial charge >= 0.3 is 0 Å². The van der Waals surface area contributed by atoms with Crippen molar-refractivity contribution in [1.82, 2.24) is 10.2 Å². The molecule has 12 heteroatoms. The third kappa shape index (κ3) is 7.87. The van der Waals surface area contributed by atoms with E-state index in [1.54, 1.807) is 13.0 Å². The number of aldehydes is 1. The Morgan fingerprint density at radius 2 is 2.06 bits per heavy atom. The lowest BCUT2D eigenvalue weighted by Gasteiger charge is -2.40. The molecule has 11 nitrogen and oxygen atoms in total. The normalized spacial score (nSPS) is 19.3. The number of rotatable bonds is 14. The van der Waals surface area contributed by atoms with E-state index in [4.69, 9.17) is 24.1 Å². The summed E-state index contributed by atoms with van der Waals surface area (Å²) in [5, 5.41) is 23.1. The quantitative estimate of drug-likeness (QED) is 0.201. The zero-order valence-electron chi connectivity index (χ0n) is 20.6. The van der Waals surface area contributed by atoms with Crippen molar-refractivity contribution in [3.63, 3.8) is 0 Å². The maximum absolute atomic E-state index is 13.0. The SMILES string of the molecule is CCOCC(=O)N(CCOC)C1CC(C(=O)NCCO)=CC(Oc2c(I)cc(C=O)cc2OC)C1O. The standard InChI is InChI=1S/C24H33IN2O9/c1-4-35-14-21(30)27(6-8-33-2)18-11-16(24(32)26-5-7-28)12-19(22(18)31)36-23-17(25)9-15(13-29)10-20(23)34-3/h9-10,12-13,18-19,22,28,31H,4-8,11,14H2,1-3H3,(H,26,32). The highest BCUT2D eigenvalue weighted by Gasteiger charge is 2.40. The topological polar surface area (TPSA) is 144 Å². The number of aliphatic hydroxyl groups excluding tert-OH is 2. The summed E-state index contributed by atoms with van der Waals surface area (Å²) in [6, 6.07) is 2.29. The average Bonchev–Trinajstić information content (AvgIpc) is 2.88. The third-order valence-corrected chi connectivity index (χ3v) is 6.34. The molecule has 0 aliphatic heterocycles. The zero-order chi connectivity index (χ0) is 26.7. The van der Waals surface area contributed by atoms with Gasteiger partial charge in [-0.15, -0.1) is 0 Å². The zero-order valence-corrected chi connectivity index (χ0v) is 22.7. The fourth-order valence-electron chi connectivity index (χ4n) is 3.78. The van der Waals surface area contributed by atoms with Crippen LogP contribution >= 0.6 is 22.6 Å². The summed E-state index contributed by atoms with van der Waals surface area (Å²) in [7, 11) is 2.93. The lowest BCUT2D eigenvalue weighted by molar-refractivity contribution is -0.144. The second-order valence-electron chi connectivity index (χ2n) is 7.88. The number of methoxy groups -OCH3 is 2. The molecule has 0 aromatic heterocycles. The Labute approximate surface area is 223 Å². The minimum absolute atomic E-state index is 0.0461. The van der Waals surface area contributed by atoms with Crippen LogP contribution in [0.25, 0.3) is 0 Å². The molecule has 1 aromatic carbocycles. The molecular formula is C24H33IN2O9. The van der Waals surface area contributed by atoms with E-state index in [0.717, 1.165) is 0 Å². The number of carbonyl (C=O) groups excluding carboxylic acids is 3. The first-order valence-electron chi connectivity index (χ1n) is 11.4. The first kappa shape index (κ1) is 30.0. The first-order valence-corrected chi connectivity index (χ1v) is 12.5. The average molecular weight is 620 g/mol. The van der Waals surface area contributed by atoms with Crippen LogP contribution in [0.3, 0.4) is 0 Å². The van der Waals surface area contributed by atoms with E-state index in [1.165, 1.54) is 31.3 Å². The Morgan fingerprint density at radius 3 is 2.67 bits per heavy atom. The Morgan fingerprint density at radius 1 is 1.31 bits per heavy atom. The lowest BCUT2D eigenvalue weighted by Crippen LogP contribution is -2.56. The third-order valence-electron chi connectivity index (χ3n) is 5.54. The van der Waals surface area contributed by atoms with Crippen molar-refractivity contribution in [2.24, 2.45) is 0 Å². The van der Waals surface area contributed by atoms with E-state index in [2.05, 4.69) is 5.32 Å². The van der Waals surface area contributed by atoms with Crippen LogP contribution in [0.1, 0.15) is 23.7 Å².